The highest BCUT2D eigenvalue weighted by molar-refractivity contribution is 5.92. The molecule has 11 heteroatoms. The minimum atomic E-state index is -4.56. The maximum absolute atomic E-state index is 14.0. The van der Waals surface area contributed by atoms with Crippen LogP contribution >= 0.6 is 0 Å². The number of rotatable bonds is 2. The Morgan fingerprint density at radius 2 is 1.87 bits per heavy atom. The summed E-state index contributed by atoms with van der Waals surface area (Å²) in [5, 5.41) is 11.2. The van der Waals surface area contributed by atoms with Gasteiger partial charge in [0.05, 0.1) is 26.3 Å². The summed E-state index contributed by atoms with van der Waals surface area (Å²) in [7, 11) is 3.03. The van der Waals surface area contributed by atoms with Crippen molar-refractivity contribution in [3.8, 4) is 0 Å². The van der Waals surface area contributed by atoms with Crippen molar-refractivity contribution in [2.24, 2.45) is 0 Å². The van der Waals surface area contributed by atoms with Crippen LogP contribution in [-0.4, -0.2) is 103 Å². The third-order valence-corrected chi connectivity index (χ3v) is 6.30. The monoisotopic (exact) mass is 444 g/mol. The van der Waals surface area contributed by atoms with E-state index < -0.39 is 24.7 Å². The first-order valence-electron chi connectivity index (χ1n) is 10.3. The SMILES string of the molecule is C[C@H]1COCCN1C1NC(N2CC(F)C2)=CC(=C2C=CC(=N)N(C)C2C(F)(F)F)N1C. The molecule has 2 saturated heterocycles. The van der Waals surface area contributed by atoms with Crippen LogP contribution in [0.2, 0.25) is 0 Å². The van der Waals surface area contributed by atoms with Crippen molar-refractivity contribution in [1.29, 1.82) is 5.41 Å². The van der Waals surface area contributed by atoms with Gasteiger partial charge in [-0.15, -0.1) is 0 Å². The van der Waals surface area contributed by atoms with E-state index >= 15 is 0 Å². The summed E-state index contributed by atoms with van der Waals surface area (Å²) < 4.78 is 61.2. The summed E-state index contributed by atoms with van der Waals surface area (Å²) in [6.07, 6.45) is -1.50. The first-order valence-corrected chi connectivity index (χ1v) is 10.3. The van der Waals surface area contributed by atoms with E-state index in [0.29, 0.717) is 31.3 Å². The molecule has 0 saturated carbocycles. The first kappa shape index (κ1) is 21.9. The number of nitrogens with zero attached hydrogens (tertiary/aromatic N) is 4. The van der Waals surface area contributed by atoms with Crippen molar-refractivity contribution >= 4 is 5.84 Å². The number of likely N-dealkylation sites (N-methyl/N-ethyl adjacent to an activating group) is 2. The topological polar surface area (TPSA) is 58.1 Å². The fourth-order valence-electron chi connectivity index (χ4n) is 4.48. The van der Waals surface area contributed by atoms with Gasteiger partial charge in [0.15, 0.2) is 12.3 Å². The highest BCUT2D eigenvalue weighted by Gasteiger charge is 2.48. The maximum Gasteiger partial charge on any atom is 0.413 e. The Kier molecular flexibility index (Phi) is 5.67. The summed E-state index contributed by atoms with van der Waals surface area (Å²) >= 11 is 0. The number of amidine groups is 1. The molecule has 4 aliphatic heterocycles. The van der Waals surface area contributed by atoms with Crippen molar-refractivity contribution in [1.82, 2.24) is 24.9 Å². The van der Waals surface area contributed by atoms with Gasteiger partial charge in [-0.05, 0) is 13.0 Å². The molecule has 2 fully saturated rings. The van der Waals surface area contributed by atoms with Gasteiger partial charge in [-0.25, -0.2) is 4.39 Å². The van der Waals surface area contributed by atoms with Crippen LogP contribution in [0.5, 0.6) is 0 Å². The molecule has 31 heavy (non-hydrogen) atoms. The molecule has 7 nitrogen and oxygen atoms in total. The molecular formula is C20H28F4N6O. The Morgan fingerprint density at radius 1 is 1.16 bits per heavy atom. The van der Waals surface area contributed by atoms with E-state index in [2.05, 4.69) is 10.2 Å². The zero-order valence-electron chi connectivity index (χ0n) is 17.8. The number of likely N-dealkylation sites (tertiary alicyclic amines) is 1. The molecule has 4 heterocycles. The molecule has 3 atom stereocenters. The van der Waals surface area contributed by atoms with E-state index in [1.807, 2.05) is 6.92 Å². The van der Waals surface area contributed by atoms with Crippen LogP contribution in [0.25, 0.3) is 0 Å². The van der Waals surface area contributed by atoms with Gasteiger partial charge in [0.1, 0.15) is 17.8 Å². The quantitative estimate of drug-likeness (QED) is 0.633. The van der Waals surface area contributed by atoms with Crippen molar-refractivity contribution in [3.63, 3.8) is 0 Å². The van der Waals surface area contributed by atoms with Crippen molar-refractivity contribution < 1.29 is 22.3 Å². The van der Waals surface area contributed by atoms with Gasteiger partial charge >= 0.3 is 6.18 Å². The van der Waals surface area contributed by atoms with E-state index in [-0.39, 0.29) is 30.5 Å². The molecule has 2 N–H and O–H groups in total. The number of ether oxygens (including phenoxy) is 1. The first-order chi connectivity index (χ1) is 14.6. The summed E-state index contributed by atoms with van der Waals surface area (Å²) in [6, 6.07) is -1.88. The van der Waals surface area contributed by atoms with Crippen LogP contribution in [0, 0.1) is 5.41 Å². The predicted octanol–water partition coefficient (Wildman–Crippen LogP) is 1.68. The highest BCUT2D eigenvalue weighted by Crippen LogP contribution is 2.37. The van der Waals surface area contributed by atoms with E-state index in [1.54, 1.807) is 22.9 Å². The number of nitrogens with one attached hydrogen (secondary N) is 2. The molecule has 4 aliphatic rings. The Hall–Kier alpha value is -2.27. The zero-order valence-corrected chi connectivity index (χ0v) is 17.8. The van der Waals surface area contributed by atoms with Gasteiger partial charge in [0, 0.05) is 44.0 Å². The Balaban J connectivity index is 1.80. The zero-order chi connectivity index (χ0) is 22.5. The Morgan fingerprint density at radius 3 is 2.48 bits per heavy atom. The lowest BCUT2D eigenvalue weighted by Crippen LogP contribution is -2.65. The van der Waals surface area contributed by atoms with Crippen LogP contribution in [0.4, 0.5) is 17.6 Å². The summed E-state index contributed by atoms with van der Waals surface area (Å²) in [5.74, 6) is 0.407. The van der Waals surface area contributed by atoms with Crippen LogP contribution in [0.15, 0.2) is 35.3 Å². The smallest absolute Gasteiger partial charge is 0.379 e. The normalized spacial score (nSPS) is 33.4. The number of hydrogen-bond acceptors (Lipinski definition) is 6. The van der Waals surface area contributed by atoms with Crippen molar-refractivity contribution in [2.75, 3.05) is 46.9 Å². The van der Waals surface area contributed by atoms with Crippen LogP contribution < -0.4 is 5.32 Å². The van der Waals surface area contributed by atoms with Gasteiger partial charge in [-0.2, -0.15) is 13.2 Å². The van der Waals surface area contributed by atoms with Gasteiger partial charge in [-0.3, -0.25) is 10.3 Å². The summed E-state index contributed by atoms with van der Waals surface area (Å²) in [5.41, 5.74) is 0.466. The average molecular weight is 444 g/mol. The van der Waals surface area contributed by atoms with Crippen molar-refractivity contribution in [2.45, 2.75) is 37.6 Å². The minimum Gasteiger partial charge on any atom is -0.379 e. The molecule has 0 aromatic carbocycles. The molecule has 0 aliphatic carbocycles. The number of allylic oxidation sites excluding steroid dienone is 1. The predicted molar refractivity (Wildman–Crippen MR) is 108 cm³/mol. The molecule has 2 unspecified atom stereocenters. The molecule has 0 aromatic heterocycles. The lowest BCUT2D eigenvalue weighted by Gasteiger charge is -2.51. The molecule has 172 valence electrons. The van der Waals surface area contributed by atoms with E-state index in [0.717, 1.165) is 4.90 Å². The lowest BCUT2D eigenvalue weighted by atomic mass is 9.96. The molecule has 4 rings (SSSR count). The molecule has 0 bridgehead atoms. The Bertz CT molecular complexity index is 819. The minimum absolute atomic E-state index is 0.0563. The van der Waals surface area contributed by atoms with Gasteiger partial charge in [0.2, 0.25) is 0 Å². The van der Waals surface area contributed by atoms with Gasteiger partial charge < -0.3 is 24.8 Å². The second kappa shape index (κ2) is 8.01. The fraction of sp³-hybridized carbons (Fsp3) is 0.650. The average Bonchev–Trinajstić information content (AvgIpc) is 2.68. The van der Waals surface area contributed by atoms with Gasteiger partial charge in [0.25, 0.3) is 0 Å². The third-order valence-electron chi connectivity index (χ3n) is 6.30. The molecule has 0 radical (unpaired) electrons. The van der Waals surface area contributed by atoms with E-state index in [1.165, 1.54) is 19.2 Å². The molecule has 0 amide bonds. The number of hydrogen-bond donors (Lipinski definition) is 2. The number of morpholine rings is 1. The molecule has 0 spiro atoms. The van der Waals surface area contributed by atoms with Crippen LogP contribution in [-0.2, 0) is 4.74 Å². The van der Waals surface area contributed by atoms with E-state index in [4.69, 9.17) is 10.1 Å². The van der Waals surface area contributed by atoms with Crippen LogP contribution in [0.3, 0.4) is 0 Å². The van der Waals surface area contributed by atoms with E-state index in [9.17, 15) is 17.6 Å². The van der Waals surface area contributed by atoms with Gasteiger partial charge in [-0.1, -0.05) is 6.08 Å². The number of alkyl halides is 4. The summed E-state index contributed by atoms with van der Waals surface area (Å²) in [4.78, 5) is 6.67. The fourth-order valence-corrected chi connectivity index (χ4v) is 4.48. The largest absolute Gasteiger partial charge is 0.413 e. The summed E-state index contributed by atoms with van der Waals surface area (Å²) in [6.45, 7) is 4.10. The second-order valence-corrected chi connectivity index (χ2v) is 8.44. The third kappa shape index (κ3) is 4.00. The van der Waals surface area contributed by atoms with Crippen molar-refractivity contribution in [3.05, 3.63) is 35.3 Å². The highest BCUT2D eigenvalue weighted by atomic mass is 19.4. The number of halogens is 4. The van der Waals surface area contributed by atoms with Crippen LogP contribution in [0.1, 0.15) is 6.92 Å². The second-order valence-electron chi connectivity index (χ2n) is 8.44. The maximum atomic E-state index is 14.0. The Labute approximate surface area is 179 Å². The molecule has 0 aromatic rings. The lowest BCUT2D eigenvalue weighted by molar-refractivity contribution is -0.161. The standard InChI is InChI=1S/C20H28F4N6O/c1-12-11-31-7-6-30(12)19-26-17(29-9-13(21)10-29)8-15(27(19)2)14-4-5-16(25)28(3)18(14)20(22,23)24/h4-5,8,12-13,18-19,25-26H,6-7,9-11H2,1-3H3/t12-,18?,19?/m0/s1. The molecular weight excluding hydrogens is 416 g/mol.